The van der Waals surface area contributed by atoms with Crippen LogP contribution in [0.1, 0.15) is 26.7 Å². The zero-order valence-electron chi connectivity index (χ0n) is 10.6. The quantitative estimate of drug-likeness (QED) is 0.583. The summed E-state index contributed by atoms with van der Waals surface area (Å²) in [6.45, 7) is 9.31. The maximum Gasteiger partial charge on any atom is 0.0545 e. The third-order valence-electron chi connectivity index (χ3n) is 3.29. The van der Waals surface area contributed by atoms with Crippen molar-refractivity contribution in [3.05, 3.63) is 0 Å². The summed E-state index contributed by atoms with van der Waals surface area (Å²) in [6, 6.07) is 0. The average Bonchev–Trinajstić information content (AvgIpc) is 2.47. The number of thioether (sulfide) groups is 1. The summed E-state index contributed by atoms with van der Waals surface area (Å²) in [5, 5.41) is 3.66. The fourth-order valence-electron chi connectivity index (χ4n) is 2.07. The Hall–Kier alpha value is -0.170. The van der Waals surface area contributed by atoms with Crippen LogP contribution in [-0.2, 0) is 0 Å². The molecule has 1 atom stereocenters. The highest BCUT2D eigenvalue weighted by Crippen LogP contribution is 2.15. The van der Waals surface area contributed by atoms with Crippen molar-refractivity contribution in [3.8, 4) is 12.3 Å². The molecule has 0 saturated carbocycles. The molecule has 1 unspecified atom stereocenters. The largest absolute Gasteiger partial charge is 0.310 e. The number of hydrogen-bond donors (Lipinski definition) is 1. The van der Waals surface area contributed by atoms with E-state index in [-0.39, 0.29) is 0 Å². The first-order chi connectivity index (χ1) is 7.70. The fraction of sp³-hybridized carbons (Fsp3) is 0.846. The molecule has 1 fully saturated rings. The van der Waals surface area contributed by atoms with Gasteiger partial charge in [0.15, 0.2) is 0 Å². The molecule has 1 saturated heterocycles. The number of nitrogens with one attached hydrogen (secondary N) is 1. The second kappa shape index (κ2) is 7.21. The molecule has 0 aromatic heterocycles. The van der Waals surface area contributed by atoms with Crippen LogP contribution in [0.25, 0.3) is 0 Å². The molecule has 0 radical (unpaired) electrons. The van der Waals surface area contributed by atoms with E-state index in [1.54, 1.807) is 0 Å². The molecule has 0 aromatic carbocycles. The van der Waals surface area contributed by atoms with Crippen molar-refractivity contribution >= 4 is 11.8 Å². The van der Waals surface area contributed by atoms with E-state index in [0.29, 0.717) is 5.54 Å². The van der Waals surface area contributed by atoms with Crippen molar-refractivity contribution < 1.29 is 0 Å². The SMILES string of the molecule is C#CCSCCN1CCCNC(C)(CC)C1. The molecule has 1 rings (SSSR count). The second-order valence-electron chi connectivity index (χ2n) is 4.73. The van der Waals surface area contributed by atoms with Crippen molar-refractivity contribution in [1.82, 2.24) is 10.2 Å². The predicted octanol–water partition coefficient (Wildman–Crippen LogP) is 1.82. The van der Waals surface area contributed by atoms with E-state index >= 15 is 0 Å². The third kappa shape index (κ3) is 4.78. The first-order valence-electron chi connectivity index (χ1n) is 6.19. The number of nitrogens with zero attached hydrogens (tertiary/aromatic N) is 1. The van der Waals surface area contributed by atoms with E-state index in [1.165, 1.54) is 32.5 Å². The predicted molar refractivity (Wildman–Crippen MR) is 73.9 cm³/mol. The molecule has 0 aromatic rings. The van der Waals surface area contributed by atoms with Crippen LogP contribution in [0, 0.1) is 12.3 Å². The maximum atomic E-state index is 5.24. The molecular weight excluding hydrogens is 216 g/mol. The van der Waals surface area contributed by atoms with E-state index in [0.717, 1.165) is 18.1 Å². The van der Waals surface area contributed by atoms with Crippen LogP contribution in [-0.4, -0.2) is 48.1 Å². The minimum absolute atomic E-state index is 0.299. The van der Waals surface area contributed by atoms with Crippen LogP contribution >= 0.6 is 11.8 Å². The Labute approximate surface area is 105 Å². The summed E-state index contributed by atoms with van der Waals surface area (Å²) in [5.41, 5.74) is 0.299. The Bertz CT molecular complexity index is 237. The molecule has 3 heteroatoms. The average molecular weight is 240 g/mol. The van der Waals surface area contributed by atoms with Gasteiger partial charge in [-0.25, -0.2) is 0 Å². The van der Waals surface area contributed by atoms with Crippen LogP contribution in [0.2, 0.25) is 0 Å². The van der Waals surface area contributed by atoms with Crippen molar-refractivity contribution in [1.29, 1.82) is 0 Å². The first kappa shape index (κ1) is 13.9. The Morgan fingerprint density at radius 2 is 2.38 bits per heavy atom. The minimum atomic E-state index is 0.299. The van der Waals surface area contributed by atoms with Crippen LogP contribution in [0.15, 0.2) is 0 Å². The van der Waals surface area contributed by atoms with Crippen LogP contribution < -0.4 is 5.32 Å². The molecule has 0 aliphatic carbocycles. The zero-order valence-corrected chi connectivity index (χ0v) is 11.4. The lowest BCUT2D eigenvalue weighted by Gasteiger charge is -2.32. The second-order valence-corrected chi connectivity index (χ2v) is 5.83. The summed E-state index contributed by atoms with van der Waals surface area (Å²) in [7, 11) is 0. The van der Waals surface area contributed by atoms with E-state index in [9.17, 15) is 0 Å². The van der Waals surface area contributed by atoms with Crippen molar-refractivity contribution in [2.75, 3.05) is 37.7 Å². The van der Waals surface area contributed by atoms with Gasteiger partial charge >= 0.3 is 0 Å². The molecule has 2 nitrogen and oxygen atoms in total. The van der Waals surface area contributed by atoms with Gasteiger partial charge in [0.25, 0.3) is 0 Å². The molecule has 1 heterocycles. The Kier molecular flexibility index (Phi) is 6.26. The lowest BCUT2D eigenvalue weighted by Crippen LogP contribution is -2.48. The summed E-state index contributed by atoms with van der Waals surface area (Å²) in [4.78, 5) is 2.58. The topological polar surface area (TPSA) is 15.3 Å². The van der Waals surface area contributed by atoms with Gasteiger partial charge in [0.2, 0.25) is 0 Å². The molecular formula is C13H24N2S. The number of rotatable bonds is 5. The normalized spacial score (nSPS) is 27.3. The Morgan fingerprint density at radius 3 is 3.06 bits per heavy atom. The van der Waals surface area contributed by atoms with Gasteiger partial charge in [-0.3, -0.25) is 0 Å². The number of terminal acetylenes is 1. The fourth-order valence-corrected chi connectivity index (χ4v) is 2.72. The van der Waals surface area contributed by atoms with Crippen LogP contribution in [0.3, 0.4) is 0 Å². The van der Waals surface area contributed by atoms with Crippen molar-refractivity contribution in [2.45, 2.75) is 32.2 Å². The van der Waals surface area contributed by atoms with Gasteiger partial charge in [-0.1, -0.05) is 12.8 Å². The van der Waals surface area contributed by atoms with E-state index in [1.807, 2.05) is 11.8 Å². The Morgan fingerprint density at radius 1 is 1.56 bits per heavy atom. The third-order valence-corrected chi connectivity index (χ3v) is 4.14. The zero-order chi connectivity index (χ0) is 11.9. The lowest BCUT2D eigenvalue weighted by atomic mass is 9.99. The highest BCUT2D eigenvalue weighted by Gasteiger charge is 2.26. The smallest absolute Gasteiger partial charge is 0.0545 e. The van der Waals surface area contributed by atoms with Crippen molar-refractivity contribution in [2.24, 2.45) is 0 Å². The van der Waals surface area contributed by atoms with Gasteiger partial charge in [0.05, 0.1) is 5.75 Å². The van der Waals surface area contributed by atoms with Crippen LogP contribution in [0.5, 0.6) is 0 Å². The van der Waals surface area contributed by atoms with Gasteiger partial charge in [0.1, 0.15) is 0 Å². The standard InChI is InChI=1S/C13H24N2S/c1-4-10-16-11-9-15-8-6-7-14-13(3,5-2)12-15/h1,14H,5-12H2,2-3H3. The highest BCUT2D eigenvalue weighted by molar-refractivity contribution is 7.99. The van der Waals surface area contributed by atoms with Gasteiger partial charge in [-0.15, -0.1) is 18.2 Å². The van der Waals surface area contributed by atoms with Gasteiger partial charge < -0.3 is 10.2 Å². The summed E-state index contributed by atoms with van der Waals surface area (Å²) in [6.07, 6.45) is 7.70. The van der Waals surface area contributed by atoms with Gasteiger partial charge in [-0.05, 0) is 32.9 Å². The molecule has 1 aliphatic rings. The van der Waals surface area contributed by atoms with E-state index < -0.39 is 0 Å². The Balaban J connectivity index is 2.32. The van der Waals surface area contributed by atoms with E-state index in [4.69, 9.17) is 6.42 Å². The summed E-state index contributed by atoms with van der Waals surface area (Å²) >= 11 is 1.86. The molecule has 0 spiro atoms. The maximum absolute atomic E-state index is 5.24. The highest BCUT2D eigenvalue weighted by atomic mass is 32.2. The van der Waals surface area contributed by atoms with Gasteiger partial charge in [-0.2, -0.15) is 0 Å². The molecule has 16 heavy (non-hydrogen) atoms. The molecule has 0 amide bonds. The minimum Gasteiger partial charge on any atom is -0.310 e. The van der Waals surface area contributed by atoms with E-state index in [2.05, 4.69) is 30.0 Å². The van der Waals surface area contributed by atoms with Gasteiger partial charge in [0, 0.05) is 24.4 Å². The molecule has 1 N–H and O–H groups in total. The lowest BCUT2D eigenvalue weighted by molar-refractivity contribution is 0.225. The first-order valence-corrected chi connectivity index (χ1v) is 7.34. The molecule has 1 aliphatic heterocycles. The molecule has 0 bridgehead atoms. The van der Waals surface area contributed by atoms with Crippen molar-refractivity contribution in [3.63, 3.8) is 0 Å². The monoisotopic (exact) mass is 240 g/mol. The summed E-state index contributed by atoms with van der Waals surface area (Å²) in [5.74, 6) is 4.68. The molecule has 92 valence electrons. The van der Waals surface area contributed by atoms with Crippen LogP contribution in [0.4, 0.5) is 0 Å². The summed E-state index contributed by atoms with van der Waals surface area (Å²) < 4.78 is 0. The number of hydrogen-bond acceptors (Lipinski definition) is 3.